The molecule has 3 rings (SSSR count). The van der Waals surface area contributed by atoms with Crippen LogP contribution in [0.25, 0.3) is 11.1 Å². The number of anilines is 1. The first-order chi connectivity index (χ1) is 17.0. The van der Waals surface area contributed by atoms with E-state index in [1.807, 2.05) is 35.7 Å². The second-order valence-electron chi connectivity index (χ2n) is 9.47. The molecule has 1 aliphatic rings. The number of hydrogen-bond acceptors (Lipinski definition) is 6. The molecule has 6 nitrogen and oxygen atoms in total. The third-order valence-corrected chi connectivity index (χ3v) is 8.01. The predicted molar refractivity (Wildman–Crippen MR) is 148 cm³/mol. The third-order valence-electron chi connectivity index (χ3n) is 6.44. The topological polar surface area (TPSA) is 76.7 Å². The van der Waals surface area contributed by atoms with Gasteiger partial charge < -0.3 is 14.8 Å². The molecule has 1 aliphatic carbocycles. The number of esters is 1. The van der Waals surface area contributed by atoms with E-state index < -0.39 is 22.0 Å². The molecule has 2 N–H and O–H groups in total. The van der Waals surface area contributed by atoms with Crippen molar-refractivity contribution < 1.29 is 19.1 Å². The molecule has 198 valence electrons. The van der Waals surface area contributed by atoms with Crippen LogP contribution in [0, 0.1) is 17.8 Å². The van der Waals surface area contributed by atoms with Crippen molar-refractivity contribution in [2.45, 2.75) is 63.0 Å². The lowest BCUT2D eigenvalue weighted by molar-refractivity contribution is 0.00534. The van der Waals surface area contributed by atoms with Gasteiger partial charge in [-0.15, -0.1) is 11.3 Å². The molecule has 1 aromatic carbocycles. The van der Waals surface area contributed by atoms with Crippen LogP contribution in [0.4, 0.5) is 9.80 Å². The second kappa shape index (κ2) is 12.7. The van der Waals surface area contributed by atoms with Crippen LogP contribution < -0.4 is 10.6 Å². The van der Waals surface area contributed by atoms with Gasteiger partial charge in [-0.1, -0.05) is 92.3 Å². The smallest absolute Gasteiger partial charge is 0.409 e. The van der Waals surface area contributed by atoms with E-state index in [1.165, 1.54) is 11.3 Å². The number of alkyl halides is 3. The van der Waals surface area contributed by atoms with Crippen LogP contribution in [0.15, 0.2) is 35.7 Å². The number of benzene rings is 1. The number of rotatable bonds is 8. The van der Waals surface area contributed by atoms with Gasteiger partial charge in [0.2, 0.25) is 3.79 Å². The quantitative estimate of drug-likeness (QED) is 0.190. The highest BCUT2D eigenvalue weighted by molar-refractivity contribution is 7.15. The summed E-state index contributed by atoms with van der Waals surface area (Å²) in [6.07, 6.45) is 0.849. The summed E-state index contributed by atoms with van der Waals surface area (Å²) in [6.45, 7) is 8.38. The summed E-state index contributed by atoms with van der Waals surface area (Å²) in [7, 11) is 0. The van der Waals surface area contributed by atoms with E-state index in [9.17, 15) is 9.59 Å². The molecule has 0 unspecified atom stereocenters. The number of amides is 1. The van der Waals surface area contributed by atoms with E-state index in [0.29, 0.717) is 28.0 Å². The van der Waals surface area contributed by atoms with Gasteiger partial charge in [0.25, 0.3) is 0 Å². The molecule has 4 atom stereocenters. The summed E-state index contributed by atoms with van der Waals surface area (Å²) in [4.78, 5) is 25.8. The zero-order valence-corrected chi connectivity index (χ0v) is 23.9. The van der Waals surface area contributed by atoms with Crippen LogP contribution in [0.5, 0.6) is 0 Å². The minimum absolute atomic E-state index is 0.206. The number of halogens is 3. The summed E-state index contributed by atoms with van der Waals surface area (Å²) >= 11 is 20.0. The van der Waals surface area contributed by atoms with Crippen LogP contribution in [-0.2, 0) is 9.47 Å². The number of alkyl carbamates (subject to hydrolysis) is 1. The standard InChI is InChI=1S/C26H33Cl3N2O4S/c1-5-34-23(32)21-19(17-9-7-6-8-10-17)14-36-22(21)30-24(26(27,28)29)31-25(33)35-20-13-16(4)11-12-18(20)15(2)3/h6-10,14-16,18,20,24,30H,5,11-13H2,1-4H3,(H,31,33)/t16-,18+,20+,24+/m0/s1. The van der Waals surface area contributed by atoms with E-state index in [4.69, 9.17) is 44.3 Å². The lowest BCUT2D eigenvalue weighted by atomic mass is 9.75. The van der Waals surface area contributed by atoms with Crippen LogP contribution in [0.2, 0.25) is 0 Å². The van der Waals surface area contributed by atoms with Crippen molar-refractivity contribution in [2.24, 2.45) is 17.8 Å². The molecule has 0 bridgehead atoms. The first kappa shape index (κ1) is 28.9. The molecular formula is C26H33Cl3N2O4S. The number of hydrogen-bond donors (Lipinski definition) is 2. The number of thiophene rings is 1. The zero-order chi connectivity index (χ0) is 26.5. The van der Waals surface area contributed by atoms with E-state index in [1.54, 1.807) is 6.92 Å². The molecule has 1 fully saturated rings. The van der Waals surface area contributed by atoms with Crippen molar-refractivity contribution in [1.82, 2.24) is 5.32 Å². The third kappa shape index (κ3) is 7.44. The fourth-order valence-electron chi connectivity index (χ4n) is 4.57. The number of carbonyl (C=O) groups is 2. The molecule has 0 radical (unpaired) electrons. The van der Waals surface area contributed by atoms with E-state index >= 15 is 0 Å². The highest BCUT2D eigenvalue weighted by atomic mass is 35.6. The van der Waals surface area contributed by atoms with Gasteiger partial charge in [-0.05, 0) is 43.1 Å². The summed E-state index contributed by atoms with van der Waals surface area (Å²) in [6, 6.07) is 9.45. The Morgan fingerprint density at radius 2 is 1.86 bits per heavy atom. The first-order valence-electron chi connectivity index (χ1n) is 12.2. The highest BCUT2D eigenvalue weighted by Crippen LogP contribution is 2.39. The van der Waals surface area contributed by atoms with Crippen LogP contribution >= 0.6 is 46.1 Å². The molecule has 0 saturated heterocycles. The van der Waals surface area contributed by atoms with E-state index in [0.717, 1.165) is 24.8 Å². The van der Waals surface area contributed by atoms with Crippen molar-refractivity contribution in [2.75, 3.05) is 11.9 Å². The van der Waals surface area contributed by atoms with Gasteiger partial charge in [0.1, 0.15) is 16.7 Å². The molecular weight excluding hydrogens is 543 g/mol. The molecule has 10 heteroatoms. The Kier molecular flexibility index (Phi) is 10.2. The Bertz CT molecular complexity index is 1030. The zero-order valence-electron chi connectivity index (χ0n) is 20.9. The molecule has 0 aliphatic heterocycles. The van der Waals surface area contributed by atoms with Gasteiger partial charge in [0.15, 0.2) is 6.17 Å². The van der Waals surface area contributed by atoms with Crippen molar-refractivity contribution in [3.05, 3.63) is 41.3 Å². The fourth-order valence-corrected chi connectivity index (χ4v) is 5.88. The maximum atomic E-state index is 12.9. The molecule has 2 aromatic rings. The predicted octanol–water partition coefficient (Wildman–Crippen LogP) is 7.89. The van der Waals surface area contributed by atoms with Crippen LogP contribution in [0.1, 0.15) is 57.3 Å². The Balaban J connectivity index is 1.83. The monoisotopic (exact) mass is 574 g/mol. The largest absolute Gasteiger partial charge is 0.462 e. The van der Waals surface area contributed by atoms with Gasteiger partial charge >= 0.3 is 12.1 Å². The van der Waals surface area contributed by atoms with Crippen molar-refractivity contribution in [1.29, 1.82) is 0 Å². The van der Waals surface area contributed by atoms with Gasteiger partial charge in [0.05, 0.1) is 6.61 Å². The molecule has 1 amide bonds. The highest BCUT2D eigenvalue weighted by Gasteiger charge is 2.38. The lowest BCUT2D eigenvalue weighted by Crippen LogP contribution is -2.50. The summed E-state index contributed by atoms with van der Waals surface area (Å²) in [5.74, 6) is 0.607. The minimum Gasteiger partial charge on any atom is -0.462 e. The maximum absolute atomic E-state index is 12.9. The number of nitrogens with one attached hydrogen (secondary N) is 2. The Hall–Kier alpha value is -1.67. The Morgan fingerprint density at radius 1 is 1.17 bits per heavy atom. The first-order valence-corrected chi connectivity index (χ1v) is 14.2. The van der Waals surface area contributed by atoms with Crippen LogP contribution in [-0.4, -0.2) is 34.7 Å². The molecule has 1 heterocycles. The number of carbonyl (C=O) groups excluding carboxylic acids is 2. The van der Waals surface area contributed by atoms with E-state index in [2.05, 4.69) is 31.4 Å². The normalized spacial score (nSPS) is 21.1. The molecule has 1 aromatic heterocycles. The Morgan fingerprint density at radius 3 is 2.47 bits per heavy atom. The summed E-state index contributed by atoms with van der Waals surface area (Å²) in [5, 5.41) is 7.94. The summed E-state index contributed by atoms with van der Waals surface area (Å²) < 4.78 is 9.20. The van der Waals surface area contributed by atoms with Crippen molar-refractivity contribution >= 4 is 63.2 Å². The minimum atomic E-state index is -1.93. The van der Waals surface area contributed by atoms with Gasteiger partial charge in [0, 0.05) is 10.9 Å². The van der Waals surface area contributed by atoms with Crippen molar-refractivity contribution in [3.63, 3.8) is 0 Å². The molecule has 36 heavy (non-hydrogen) atoms. The molecule has 1 saturated carbocycles. The van der Waals surface area contributed by atoms with Crippen molar-refractivity contribution in [3.8, 4) is 11.1 Å². The second-order valence-corrected chi connectivity index (χ2v) is 12.7. The van der Waals surface area contributed by atoms with Gasteiger partial charge in [-0.3, -0.25) is 5.32 Å². The average molecular weight is 576 g/mol. The summed E-state index contributed by atoms with van der Waals surface area (Å²) in [5.41, 5.74) is 1.83. The van der Waals surface area contributed by atoms with Crippen LogP contribution in [0.3, 0.4) is 0 Å². The Labute approximate surface area is 232 Å². The average Bonchev–Trinajstić information content (AvgIpc) is 3.22. The molecule has 0 spiro atoms. The number of ether oxygens (including phenoxy) is 2. The fraction of sp³-hybridized carbons (Fsp3) is 0.538. The maximum Gasteiger partial charge on any atom is 0.409 e. The van der Waals surface area contributed by atoms with E-state index in [-0.39, 0.29) is 18.6 Å². The lowest BCUT2D eigenvalue weighted by Gasteiger charge is -2.37. The van der Waals surface area contributed by atoms with Gasteiger partial charge in [-0.25, -0.2) is 9.59 Å². The SMILES string of the molecule is CCOC(=O)c1c(-c2ccccc2)csc1N[C@H](NC(=O)O[C@@H]1C[C@@H](C)CC[C@@H]1C(C)C)C(Cl)(Cl)Cl. The van der Waals surface area contributed by atoms with Gasteiger partial charge in [-0.2, -0.15) is 0 Å².